The van der Waals surface area contributed by atoms with E-state index in [-0.39, 0.29) is 6.04 Å². The Labute approximate surface area is 111 Å². The van der Waals surface area contributed by atoms with Gasteiger partial charge in [0, 0.05) is 6.04 Å². The molecule has 0 saturated carbocycles. The van der Waals surface area contributed by atoms with Crippen molar-refractivity contribution >= 4 is 9.84 Å². The molecule has 0 aliphatic heterocycles. The van der Waals surface area contributed by atoms with Crippen LogP contribution in [0.1, 0.15) is 31.4 Å². The molecule has 0 spiro atoms. The third-order valence-electron chi connectivity index (χ3n) is 3.52. The molecule has 0 amide bonds. The fourth-order valence-corrected chi connectivity index (χ4v) is 4.23. The van der Waals surface area contributed by atoms with E-state index in [2.05, 4.69) is 5.32 Å². The van der Waals surface area contributed by atoms with Crippen LogP contribution in [0.25, 0.3) is 0 Å². The molecule has 102 valence electrons. The Morgan fingerprint density at radius 3 is 2.39 bits per heavy atom. The van der Waals surface area contributed by atoms with Crippen LogP contribution in [0.5, 0.6) is 0 Å². The average Bonchev–Trinajstić information content (AvgIpc) is 2.33. The van der Waals surface area contributed by atoms with Crippen molar-refractivity contribution in [2.75, 3.05) is 7.05 Å². The Bertz CT molecular complexity index is 505. The molecule has 3 nitrogen and oxygen atoms in total. The molecule has 0 aliphatic carbocycles. The molecule has 1 aromatic carbocycles. The molecule has 18 heavy (non-hydrogen) atoms. The van der Waals surface area contributed by atoms with E-state index in [0.29, 0.717) is 4.90 Å². The van der Waals surface area contributed by atoms with Gasteiger partial charge in [0.25, 0.3) is 0 Å². The lowest BCUT2D eigenvalue weighted by Gasteiger charge is -2.23. The molecular formula is C14H23NO2S. The Kier molecular flexibility index (Phi) is 4.93. The van der Waals surface area contributed by atoms with Crippen LogP contribution >= 0.6 is 0 Å². The lowest BCUT2D eigenvalue weighted by atomic mass is 10.2. The second-order valence-corrected chi connectivity index (χ2v) is 7.10. The van der Waals surface area contributed by atoms with Crippen molar-refractivity contribution in [3.63, 3.8) is 0 Å². The minimum atomic E-state index is -3.28. The normalized spacial score (nSPS) is 15.4. The van der Waals surface area contributed by atoms with Gasteiger partial charge in [0.15, 0.2) is 9.84 Å². The Hall–Kier alpha value is -0.870. The molecular weight excluding hydrogens is 246 g/mol. The maximum Gasteiger partial charge on any atom is 0.182 e. The van der Waals surface area contributed by atoms with Gasteiger partial charge in [-0.15, -0.1) is 0 Å². The molecule has 4 heteroatoms. The van der Waals surface area contributed by atoms with Crippen molar-refractivity contribution in [2.45, 2.75) is 50.3 Å². The molecule has 0 aromatic heterocycles. The minimum Gasteiger partial charge on any atom is -0.316 e. The molecule has 0 saturated heterocycles. The van der Waals surface area contributed by atoms with Crippen LogP contribution in [0.15, 0.2) is 23.1 Å². The Morgan fingerprint density at radius 1 is 1.28 bits per heavy atom. The van der Waals surface area contributed by atoms with Gasteiger partial charge in [-0.3, -0.25) is 0 Å². The Morgan fingerprint density at radius 2 is 1.89 bits per heavy atom. The van der Waals surface area contributed by atoms with Crippen LogP contribution < -0.4 is 5.32 Å². The van der Waals surface area contributed by atoms with Gasteiger partial charge in [0.05, 0.1) is 10.1 Å². The van der Waals surface area contributed by atoms with Crippen molar-refractivity contribution in [1.82, 2.24) is 5.32 Å². The van der Waals surface area contributed by atoms with E-state index in [9.17, 15) is 8.42 Å². The van der Waals surface area contributed by atoms with Crippen LogP contribution in [-0.4, -0.2) is 26.8 Å². The van der Waals surface area contributed by atoms with Gasteiger partial charge in [0.1, 0.15) is 0 Å². The zero-order valence-corrected chi connectivity index (χ0v) is 12.6. The smallest absolute Gasteiger partial charge is 0.182 e. The third-order valence-corrected chi connectivity index (χ3v) is 5.88. The lowest BCUT2D eigenvalue weighted by Crippen LogP contribution is -2.40. The summed E-state index contributed by atoms with van der Waals surface area (Å²) in [5, 5.41) is 2.66. The fourth-order valence-electron chi connectivity index (χ4n) is 2.20. The molecule has 0 fully saturated rings. The van der Waals surface area contributed by atoms with E-state index in [0.717, 1.165) is 17.5 Å². The van der Waals surface area contributed by atoms with Crippen LogP contribution in [-0.2, 0) is 9.84 Å². The van der Waals surface area contributed by atoms with Crippen LogP contribution in [0.3, 0.4) is 0 Å². The number of benzene rings is 1. The highest BCUT2D eigenvalue weighted by Crippen LogP contribution is 2.23. The first-order chi connectivity index (χ1) is 8.34. The largest absolute Gasteiger partial charge is 0.316 e. The molecule has 0 heterocycles. The van der Waals surface area contributed by atoms with Crippen LogP contribution in [0, 0.1) is 13.8 Å². The van der Waals surface area contributed by atoms with Gasteiger partial charge in [-0.25, -0.2) is 8.42 Å². The Balaban J connectivity index is 3.25. The predicted molar refractivity (Wildman–Crippen MR) is 75.7 cm³/mol. The summed E-state index contributed by atoms with van der Waals surface area (Å²) in [7, 11) is -1.47. The third kappa shape index (κ3) is 2.93. The minimum absolute atomic E-state index is 0.0186. The van der Waals surface area contributed by atoms with Crippen molar-refractivity contribution in [2.24, 2.45) is 0 Å². The molecule has 2 atom stereocenters. The summed E-state index contributed by atoms with van der Waals surface area (Å²) in [5.41, 5.74) is 1.79. The van der Waals surface area contributed by atoms with E-state index in [1.807, 2.05) is 40.0 Å². The highest BCUT2D eigenvalue weighted by atomic mass is 32.2. The van der Waals surface area contributed by atoms with Crippen molar-refractivity contribution in [1.29, 1.82) is 0 Å². The zero-order valence-electron chi connectivity index (χ0n) is 11.8. The molecule has 1 aromatic rings. The summed E-state index contributed by atoms with van der Waals surface area (Å²) < 4.78 is 25.2. The predicted octanol–water partition coefficient (Wildman–Crippen LogP) is 2.46. The van der Waals surface area contributed by atoms with Gasteiger partial charge in [-0.05, 0) is 51.4 Å². The first-order valence-corrected chi connectivity index (χ1v) is 7.87. The van der Waals surface area contributed by atoms with Crippen molar-refractivity contribution in [3.8, 4) is 0 Å². The fraction of sp³-hybridized carbons (Fsp3) is 0.571. The SMILES string of the molecule is CCC(NC)C(C)S(=O)(=O)c1cc(C)ccc1C. The maximum atomic E-state index is 12.6. The average molecular weight is 269 g/mol. The number of aryl methyl sites for hydroxylation is 2. The topological polar surface area (TPSA) is 46.2 Å². The quantitative estimate of drug-likeness (QED) is 0.893. The second kappa shape index (κ2) is 5.85. The molecule has 0 aliphatic rings. The summed E-state index contributed by atoms with van der Waals surface area (Å²) in [6.45, 7) is 7.54. The van der Waals surface area contributed by atoms with Crippen molar-refractivity contribution in [3.05, 3.63) is 29.3 Å². The summed E-state index contributed by atoms with van der Waals surface area (Å²) in [5.74, 6) is 0. The van der Waals surface area contributed by atoms with E-state index in [1.165, 1.54) is 0 Å². The number of hydrogen-bond acceptors (Lipinski definition) is 3. The highest BCUT2D eigenvalue weighted by molar-refractivity contribution is 7.92. The van der Waals surface area contributed by atoms with Crippen LogP contribution in [0.2, 0.25) is 0 Å². The lowest BCUT2D eigenvalue weighted by molar-refractivity contribution is 0.504. The van der Waals surface area contributed by atoms with E-state index < -0.39 is 15.1 Å². The molecule has 1 N–H and O–H groups in total. The zero-order chi connectivity index (χ0) is 13.9. The molecule has 0 radical (unpaired) electrons. The van der Waals surface area contributed by atoms with Gasteiger partial charge < -0.3 is 5.32 Å². The molecule has 1 rings (SSSR count). The molecule has 2 unspecified atom stereocenters. The van der Waals surface area contributed by atoms with Gasteiger partial charge >= 0.3 is 0 Å². The standard InChI is InChI=1S/C14H23NO2S/c1-6-13(15-5)12(4)18(16,17)14-9-10(2)7-8-11(14)3/h7-9,12-13,15H,6H2,1-5H3. The van der Waals surface area contributed by atoms with Crippen LogP contribution in [0.4, 0.5) is 0 Å². The summed E-state index contributed by atoms with van der Waals surface area (Å²) >= 11 is 0. The van der Waals surface area contributed by atoms with E-state index in [4.69, 9.17) is 0 Å². The summed E-state index contributed by atoms with van der Waals surface area (Å²) in [6, 6.07) is 5.56. The summed E-state index contributed by atoms with van der Waals surface area (Å²) in [6.07, 6.45) is 0.793. The first kappa shape index (κ1) is 15.2. The number of nitrogens with one attached hydrogen (secondary N) is 1. The first-order valence-electron chi connectivity index (χ1n) is 6.33. The number of hydrogen-bond donors (Lipinski definition) is 1. The number of sulfone groups is 1. The van der Waals surface area contributed by atoms with Gasteiger partial charge in [-0.2, -0.15) is 0 Å². The number of rotatable bonds is 5. The van der Waals surface area contributed by atoms with Crippen molar-refractivity contribution < 1.29 is 8.42 Å². The highest BCUT2D eigenvalue weighted by Gasteiger charge is 2.30. The maximum absolute atomic E-state index is 12.6. The van der Waals surface area contributed by atoms with E-state index >= 15 is 0 Å². The monoisotopic (exact) mass is 269 g/mol. The molecule has 0 bridgehead atoms. The van der Waals surface area contributed by atoms with E-state index in [1.54, 1.807) is 13.0 Å². The second-order valence-electron chi connectivity index (χ2n) is 4.82. The van der Waals surface area contributed by atoms with Gasteiger partial charge in [0.2, 0.25) is 0 Å². The summed E-state index contributed by atoms with van der Waals surface area (Å²) in [4.78, 5) is 0.462. The van der Waals surface area contributed by atoms with Gasteiger partial charge in [-0.1, -0.05) is 19.1 Å².